The number of thiazole rings is 1. The minimum atomic E-state index is -0.0559. The molecule has 0 saturated carbocycles. The van der Waals surface area contributed by atoms with Crippen molar-refractivity contribution in [3.8, 4) is 0 Å². The molecule has 8 heteroatoms. The van der Waals surface area contributed by atoms with Gasteiger partial charge in [0.05, 0.1) is 11.4 Å². The highest BCUT2D eigenvalue weighted by Crippen LogP contribution is 2.37. The summed E-state index contributed by atoms with van der Waals surface area (Å²) >= 11 is 2.99. The van der Waals surface area contributed by atoms with Crippen LogP contribution in [0.25, 0.3) is 4.96 Å². The van der Waals surface area contributed by atoms with Crippen LogP contribution >= 0.6 is 23.1 Å². The van der Waals surface area contributed by atoms with Gasteiger partial charge in [0.2, 0.25) is 5.91 Å². The van der Waals surface area contributed by atoms with Crippen LogP contribution in [-0.2, 0) is 10.5 Å². The maximum absolute atomic E-state index is 12.4. The van der Waals surface area contributed by atoms with Gasteiger partial charge in [-0.15, -0.1) is 23.1 Å². The number of nitrogens with one attached hydrogen (secondary N) is 1. The maximum Gasteiger partial charge on any atom is 0.258 e. The normalized spacial score (nSPS) is 19.8. The van der Waals surface area contributed by atoms with Crippen LogP contribution in [0.4, 0.5) is 0 Å². The second-order valence-electron chi connectivity index (χ2n) is 6.94. The molecule has 0 unspecified atom stereocenters. The summed E-state index contributed by atoms with van der Waals surface area (Å²) in [6.07, 6.45) is 5.21. The van der Waals surface area contributed by atoms with Crippen molar-refractivity contribution in [3.63, 3.8) is 0 Å². The van der Waals surface area contributed by atoms with Crippen LogP contribution in [0.1, 0.15) is 25.0 Å². The summed E-state index contributed by atoms with van der Waals surface area (Å²) < 4.78 is 1.55. The number of carbonyl (C=O) groups is 1. The first-order chi connectivity index (χ1) is 12.2. The minimum absolute atomic E-state index is 0.0559. The van der Waals surface area contributed by atoms with Gasteiger partial charge in [-0.1, -0.05) is 0 Å². The van der Waals surface area contributed by atoms with Crippen LogP contribution in [0, 0.1) is 5.41 Å². The molecule has 0 aromatic carbocycles. The van der Waals surface area contributed by atoms with Gasteiger partial charge >= 0.3 is 0 Å². The van der Waals surface area contributed by atoms with E-state index < -0.39 is 0 Å². The third kappa shape index (κ3) is 3.61. The van der Waals surface area contributed by atoms with E-state index in [2.05, 4.69) is 10.3 Å². The number of thioether (sulfide) groups is 1. The molecule has 2 aliphatic heterocycles. The Kier molecular flexibility index (Phi) is 4.84. The third-order valence-corrected chi connectivity index (χ3v) is 7.05. The van der Waals surface area contributed by atoms with Crippen molar-refractivity contribution in [2.75, 3.05) is 31.9 Å². The zero-order valence-corrected chi connectivity index (χ0v) is 15.7. The molecule has 0 bridgehead atoms. The van der Waals surface area contributed by atoms with Crippen LogP contribution in [0.2, 0.25) is 0 Å². The van der Waals surface area contributed by atoms with E-state index in [1.807, 2.05) is 10.3 Å². The molecule has 0 atom stereocenters. The predicted molar refractivity (Wildman–Crippen MR) is 101 cm³/mol. The lowest BCUT2D eigenvalue weighted by molar-refractivity contribution is -0.130. The van der Waals surface area contributed by atoms with Crippen molar-refractivity contribution in [3.05, 3.63) is 33.7 Å². The third-order valence-electron chi connectivity index (χ3n) is 5.34. The number of fused-ring (bicyclic) bond motifs is 1. The number of carbonyl (C=O) groups excluding carboxylic acids is 1. The molecule has 4 heterocycles. The average molecular weight is 379 g/mol. The maximum atomic E-state index is 12.4. The van der Waals surface area contributed by atoms with Gasteiger partial charge in [-0.2, -0.15) is 0 Å². The van der Waals surface area contributed by atoms with Crippen LogP contribution in [0.3, 0.4) is 0 Å². The number of piperidine rings is 1. The molecule has 1 N–H and O–H groups in total. The lowest BCUT2D eigenvalue weighted by Crippen LogP contribution is -2.44. The van der Waals surface area contributed by atoms with Crippen molar-refractivity contribution in [1.82, 2.24) is 19.6 Å². The van der Waals surface area contributed by atoms with Crippen LogP contribution < -0.4 is 10.9 Å². The van der Waals surface area contributed by atoms with Gasteiger partial charge < -0.3 is 10.2 Å². The topological polar surface area (TPSA) is 66.7 Å². The van der Waals surface area contributed by atoms with E-state index >= 15 is 0 Å². The molecule has 1 spiro atoms. The number of amides is 1. The molecule has 134 valence electrons. The fourth-order valence-electron chi connectivity index (χ4n) is 3.75. The number of nitrogens with zero attached hydrogens (tertiary/aromatic N) is 3. The SMILES string of the molecule is O=C(CSCc1cc(=O)n2ccsc2n1)N1CCC2(CCNC2)CC1. The lowest BCUT2D eigenvalue weighted by atomic mass is 9.78. The van der Waals surface area contributed by atoms with Crippen LogP contribution in [0.5, 0.6) is 0 Å². The van der Waals surface area contributed by atoms with E-state index in [-0.39, 0.29) is 11.5 Å². The number of likely N-dealkylation sites (tertiary alicyclic amines) is 1. The molecular weight excluding hydrogens is 356 g/mol. The minimum Gasteiger partial charge on any atom is -0.342 e. The van der Waals surface area contributed by atoms with Gasteiger partial charge in [-0.3, -0.25) is 14.0 Å². The second kappa shape index (κ2) is 7.09. The van der Waals surface area contributed by atoms with Crippen molar-refractivity contribution >= 4 is 34.0 Å². The van der Waals surface area contributed by atoms with Crippen LogP contribution in [0.15, 0.2) is 22.4 Å². The molecule has 2 saturated heterocycles. The first-order valence-corrected chi connectivity index (χ1v) is 10.7. The number of rotatable bonds is 4. The van der Waals surface area contributed by atoms with E-state index in [4.69, 9.17) is 0 Å². The first kappa shape index (κ1) is 17.1. The molecule has 1 amide bonds. The highest BCUT2D eigenvalue weighted by Gasteiger charge is 2.37. The molecule has 6 nitrogen and oxygen atoms in total. The molecule has 2 aromatic heterocycles. The Morgan fingerprint density at radius 3 is 2.96 bits per heavy atom. The number of hydrogen-bond donors (Lipinski definition) is 1. The summed E-state index contributed by atoms with van der Waals surface area (Å²) in [5.41, 5.74) is 1.13. The predicted octanol–water partition coefficient (Wildman–Crippen LogP) is 1.59. The Balaban J connectivity index is 1.28. The van der Waals surface area contributed by atoms with Crippen molar-refractivity contribution in [2.24, 2.45) is 5.41 Å². The summed E-state index contributed by atoms with van der Waals surface area (Å²) in [4.78, 5) is 31.6. The Morgan fingerprint density at radius 1 is 1.36 bits per heavy atom. The average Bonchev–Trinajstić information content (AvgIpc) is 3.25. The standard InChI is InChI=1S/C17H22N4O2S2/c22-14-9-13(19-16-21(14)7-8-25-16)10-24-11-15(23)20-5-2-17(3-6-20)1-4-18-12-17/h7-9,18H,1-6,10-12H2. The molecule has 0 radical (unpaired) electrons. The molecule has 2 aromatic rings. The zero-order chi connectivity index (χ0) is 17.3. The second-order valence-corrected chi connectivity index (χ2v) is 8.80. The monoisotopic (exact) mass is 378 g/mol. The van der Waals surface area contributed by atoms with Crippen molar-refractivity contribution < 1.29 is 4.79 Å². The number of aromatic nitrogens is 2. The largest absolute Gasteiger partial charge is 0.342 e. The molecule has 25 heavy (non-hydrogen) atoms. The quantitative estimate of drug-likeness (QED) is 0.875. The first-order valence-electron chi connectivity index (χ1n) is 8.67. The van der Waals surface area contributed by atoms with Gasteiger partial charge in [0.15, 0.2) is 4.96 Å². The summed E-state index contributed by atoms with van der Waals surface area (Å²) in [5, 5.41) is 5.31. The van der Waals surface area contributed by atoms with Crippen LogP contribution in [-0.4, -0.2) is 52.1 Å². The van der Waals surface area contributed by atoms with Gasteiger partial charge in [0.25, 0.3) is 5.56 Å². The van der Waals surface area contributed by atoms with Crippen molar-refractivity contribution in [2.45, 2.75) is 25.0 Å². The zero-order valence-electron chi connectivity index (χ0n) is 14.1. The summed E-state index contributed by atoms with van der Waals surface area (Å²) in [5.74, 6) is 1.26. The highest BCUT2D eigenvalue weighted by molar-refractivity contribution is 7.99. The van der Waals surface area contributed by atoms with Gasteiger partial charge in [-0.25, -0.2) is 4.98 Å². The van der Waals surface area contributed by atoms with Crippen molar-refractivity contribution in [1.29, 1.82) is 0 Å². The molecule has 2 fully saturated rings. The summed E-state index contributed by atoms with van der Waals surface area (Å²) in [6.45, 7) is 3.98. The summed E-state index contributed by atoms with van der Waals surface area (Å²) in [7, 11) is 0. The van der Waals surface area contributed by atoms with E-state index in [9.17, 15) is 9.59 Å². The highest BCUT2D eigenvalue weighted by atomic mass is 32.2. The van der Waals surface area contributed by atoms with E-state index in [1.54, 1.807) is 28.4 Å². The molecule has 0 aliphatic carbocycles. The smallest absolute Gasteiger partial charge is 0.258 e. The Labute approximate surface area is 154 Å². The Bertz CT molecular complexity index is 815. The molecule has 4 rings (SSSR count). The fraction of sp³-hybridized carbons (Fsp3) is 0.588. The Morgan fingerprint density at radius 2 is 2.20 bits per heavy atom. The molecule has 2 aliphatic rings. The van der Waals surface area contributed by atoms with Gasteiger partial charge in [0, 0.05) is 43.0 Å². The summed E-state index contributed by atoms with van der Waals surface area (Å²) in [6, 6.07) is 1.56. The Hall–Kier alpha value is -1.38. The van der Waals surface area contributed by atoms with Gasteiger partial charge in [0.1, 0.15) is 0 Å². The van der Waals surface area contributed by atoms with Gasteiger partial charge in [-0.05, 0) is 31.2 Å². The van der Waals surface area contributed by atoms with E-state index in [0.717, 1.165) is 44.7 Å². The fourth-order valence-corrected chi connectivity index (χ4v) is 5.30. The number of hydrogen-bond acceptors (Lipinski definition) is 6. The van der Waals surface area contributed by atoms with E-state index in [1.165, 1.54) is 17.8 Å². The van der Waals surface area contributed by atoms with E-state index in [0.29, 0.717) is 21.9 Å². The lowest BCUT2D eigenvalue weighted by Gasteiger charge is -2.38. The molecular formula is C17H22N4O2S2.